The van der Waals surface area contributed by atoms with Gasteiger partial charge in [0.2, 0.25) is 0 Å². The van der Waals surface area contributed by atoms with Crippen LogP contribution in [-0.4, -0.2) is 11.0 Å². The number of para-hydroxylation sites is 1. The highest BCUT2D eigenvalue weighted by atomic mass is 35.5. The first kappa shape index (κ1) is 16.7. The van der Waals surface area contributed by atoms with Crippen LogP contribution in [0.15, 0.2) is 42.5 Å². The quantitative estimate of drug-likeness (QED) is 0.787. The fraction of sp³-hybridized carbons (Fsp3) is 0.125. The molecule has 0 aliphatic rings. The summed E-state index contributed by atoms with van der Waals surface area (Å²) in [4.78, 5) is 12.2. The first-order chi connectivity index (χ1) is 10.5. The van der Waals surface area contributed by atoms with Crippen LogP contribution >= 0.6 is 35.4 Å². The molecule has 0 saturated heterocycles. The van der Waals surface area contributed by atoms with Gasteiger partial charge in [0.05, 0.1) is 10.6 Å². The Hall–Kier alpha value is -1.62. The number of halogens is 2. The number of hydrogen-bond donors (Lipinski definition) is 2. The standard InChI is InChI=1S/C16H14Cl2N2OS/c1-2-10-5-3-4-6-14(10)19-16(22)20-15(21)12-8-7-11(17)9-13(12)18/h3-9H,2H2,1H3,(H2,19,20,21,22). The van der Waals surface area contributed by atoms with Crippen molar-refractivity contribution in [3.63, 3.8) is 0 Å². The third-order valence-corrected chi connectivity index (χ3v) is 3.80. The minimum Gasteiger partial charge on any atom is -0.332 e. The molecule has 0 spiro atoms. The van der Waals surface area contributed by atoms with E-state index in [2.05, 4.69) is 17.6 Å². The van der Waals surface area contributed by atoms with Crippen molar-refractivity contribution in [3.8, 4) is 0 Å². The Morgan fingerprint density at radius 3 is 2.59 bits per heavy atom. The topological polar surface area (TPSA) is 41.1 Å². The summed E-state index contributed by atoms with van der Waals surface area (Å²) in [6, 6.07) is 12.4. The summed E-state index contributed by atoms with van der Waals surface area (Å²) >= 11 is 17.0. The van der Waals surface area contributed by atoms with Crippen LogP contribution in [-0.2, 0) is 6.42 Å². The van der Waals surface area contributed by atoms with Gasteiger partial charge in [0.1, 0.15) is 0 Å². The zero-order valence-corrected chi connectivity index (χ0v) is 14.1. The third-order valence-electron chi connectivity index (χ3n) is 3.05. The van der Waals surface area contributed by atoms with Gasteiger partial charge in [0.15, 0.2) is 5.11 Å². The average molecular weight is 353 g/mol. The highest BCUT2D eigenvalue weighted by molar-refractivity contribution is 7.80. The van der Waals surface area contributed by atoms with E-state index in [1.165, 1.54) is 6.07 Å². The maximum atomic E-state index is 12.2. The van der Waals surface area contributed by atoms with Crippen molar-refractivity contribution < 1.29 is 4.79 Å². The predicted molar refractivity (Wildman–Crippen MR) is 96.0 cm³/mol. The fourth-order valence-electron chi connectivity index (χ4n) is 1.95. The number of nitrogens with one attached hydrogen (secondary N) is 2. The Balaban J connectivity index is 2.07. The lowest BCUT2D eigenvalue weighted by atomic mass is 10.1. The largest absolute Gasteiger partial charge is 0.332 e. The van der Waals surface area contributed by atoms with Crippen molar-refractivity contribution in [1.29, 1.82) is 0 Å². The molecule has 0 fully saturated rings. The lowest BCUT2D eigenvalue weighted by Crippen LogP contribution is -2.34. The van der Waals surface area contributed by atoms with E-state index in [0.717, 1.165) is 17.7 Å². The number of rotatable bonds is 3. The van der Waals surface area contributed by atoms with Crippen LogP contribution in [0.1, 0.15) is 22.8 Å². The van der Waals surface area contributed by atoms with E-state index in [9.17, 15) is 4.79 Å². The van der Waals surface area contributed by atoms with E-state index in [-0.39, 0.29) is 16.0 Å². The molecule has 0 bridgehead atoms. The molecule has 3 nitrogen and oxygen atoms in total. The summed E-state index contributed by atoms with van der Waals surface area (Å²) in [5.74, 6) is -0.381. The average Bonchev–Trinajstić information content (AvgIpc) is 2.47. The minimum atomic E-state index is -0.381. The molecule has 0 aromatic heterocycles. The Labute approximate surface area is 144 Å². The van der Waals surface area contributed by atoms with Crippen LogP contribution in [0.5, 0.6) is 0 Å². The van der Waals surface area contributed by atoms with E-state index in [1.54, 1.807) is 12.1 Å². The maximum absolute atomic E-state index is 12.2. The van der Waals surface area contributed by atoms with Gasteiger partial charge in [-0.05, 0) is 48.5 Å². The number of thiocarbonyl (C=S) groups is 1. The molecule has 0 radical (unpaired) electrons. The van der Waals surface area contributed by atoms with Gasteiger partial charge >= 0.3 is 0 Å². The summed E-state index contributed by atoms with van der Waals surface area (Å²) in [5, 5.41) is 6.60. The summed E-state index contributed by atoms with van der Waals surface area (Å²) in [7, 11) is 0. The zero-order chi connectivity index (χ0) is 16.1. The Kier molecular flexibility index (Phi) is 5.77. The summed E-state index contributed by atoms with van der Waals surface area (Å²) < 4.78 is 0. The number of aryl methyl sites for hydroxylation is 1. The monoisotopic (exact) mass is 352 g/mol. The predicted octanol–water partition coefficient (Wildman–Crippen LogP) is 4.68. The van der Waals surface area contributed by atoms with Crippen LogP contribution in [0.3, 0.4) is 0 Å². The minimum absolute atomic E-state index is 0.219. The number of carbonyl (C=O) groups excluding carboxylic acids is 1. The second-order valence-corrected chi connectivity index (χ2v) is 5.80. The van der Waals surface area contributed by atoms with Crippen molar-refractivity contribution in [2.75, 3.05) is 5.32 Å². The Bertz CT molecular complexity index is 719. The first-order valence-electron chi connectivity index (χ1n) is 6.66. The van der Waals surface area contributed by atoms with Gasteiger partial charge in [-0.3, -0.25) is 10.1 Å². The van der Waals surface area contributed by atoms with E-state index in [4.69, 9.17) is 35.4 Å². The second-order valence-electron chi connectivity index (χ2n) is 4.54. The van der Waals surface area contributed by atoms with Crippen molar-refractivity contribution in [2.24, 2.45) is 0 Å². The molecule has 2 N–H and O–H groups in total. The SMILES string of the molecule is CCc1ccccc1NC(=S)NC(=O)c1ccc(Cl)cc1Cl. The van der Waals surface area contributed by atoms with E-state index >= 15 is 0 Å². The van der Waals surface area contributed by atoms with Crippen molar-refractivity contribution in [2.45, 2.75) is 13.3 Å². The summed E-state index contributed by atoms with van der Waals surface area (Å²) in [6.07, 6.45) is 0.864. The summed E-state index contributed by atoms with van der Waals surface area (Å²) in [6.45, 7) is 2.05. The number of hydrogen-bond acceptors (Lipinski definition) is 2. The van der Waals surface area contributed by atoms with Gasteiger partial charge in [0, 0.05) is 10.7 Å². The lowest BCUT2D eigenvalue weighted by molar-refractivity contribution is 0.0978. The van der Waals surface area contributed by atoms with Crippen LogP contribution < -0.4 is 10.6 Å². The molecule has 1 amide bonds. The first-order valence-corrected chi connectivity index (χ1v) is 7.83. The van der Waals surface area contributed by atoms with Gasteiger partial charge in [-0.15, -0.1) is 0 Å². The fourth-order valence-corrected chi connectivity index (χ4v) is 2.65. The van der Waals surface area contributed by atoms with Gasteiger partial charge < -0.3 is 5.32 Å². The number of carbonyl (C=O) groups is 1. The molecule has 2 aromatic carbocycles. The highest BCUT2D eigenvalue weighted by Gasteiger charge is 2.12. The van der Waals surface area contributed by atoms with Crippen LogP contribution in [0, 0.1) is 0 Å². The Morgan fingerprint density at radius 2 is 1.91 bits per heavy atom. The van der Waals surface area contributed by atoms with Gasteiger partial charge in [-0.2, -0.15) is 0 Å². The molecule has 0 saturated carbocycles. The molecule has 0 aliphatic heterocycles. The van der Waals surface area contributed by atoms with Crippen LogP contribution in [0.4, 0.5) is 5.69 Å². The third kappa shape index (κ3) is 4.19. The number of amides is 1. The second kappa shape index (κ2) is 7.58. The molecule has 2 rings (SSSR count). The van der Waals surface area contributed by atoms with Gasteiger partial charge in [0.25, 0.3) is 5.91 Å². The molecule has 2 aromatic rings. The van der Waals surface area contributed by atoms with Crippen LogP contribution in [0.25, 0.3) is 0 Å². The van der Waals surface area contributed by atoms with E-state index < -0.39 is 0 Å². The number of anilines is 1. The molecule has 0 atom stereocenters. The maximum Gasteiger partial charge on any atom is 0.258 e. The van der Waals surface area contributed by atoms with Gasteiger partial charge in [-0.25, -0.2) is 0 Å². The van der Waals surface area contributed by atoms with E-state index in [1.807, 2.05) is 24.3 Å². The number of benzene rings is 2. The molecular formula is C16H14Cl2N2OS. The molecule has 0 unspecified atom stereocenters. The zero-order valence-electron chi connectivity index (χ0n) is 11.8. The van der Waals surface area contributed by atoms with Crippen molar-refractivity contribution >= 4 is 52.1 Å². The normalized spacial score (nSPS) is 10.1. The lowest BCUT2D eigenvalue weighted by Gasteiger charge is -2.13. The smallest absolute Gasteiger partial charge is 0.258 e. The molecule has 0 heterocycles. The molecule has 22 heavy (non-hydrogen) atoms. The highest BCUT2D eigenvalue weighted by Crippen LogP contribution is 2.21. The molecule has 6 heteroatoms. The van der Waals surface area contributed by atoms with E-state index in [0.29, 0.717) is 10.6 Å². The van der Waals surface area contributed by atoms with Crippen molar-refractivity contribution in [1.82, 2.24) is 5.32 Å². The van der Waals surface area contributed by atoms with Gasteiger partial charge in [-0.1, -0.05) is 48.3 Å². The molecule has 114 valence electrons. The van der Waals surface area contributed by atoms with Crippen molar-refractivity contribution in [3.05, 3.63) is 63.6 Å². The Morgan fingerprint density at radius 1 is 1.18 bits per heavy atom. The molecular weight excluding hydrogens is 339 g/mol. The van der Waals surface area contributed by atoms with Crippen LogP contribution in [0.2, 0.25) is 10.0 Å². The molecule has 0 aliphatic carbocycles. The summed E-state index contributed by atoms with van der Waals surface area (Å²) in [5.41, 5.74) is 2.31.